The average molecular weight is 141 g/mol. The molecule has 2 nitrogen and oxygen atoms in total. The van der Waals surface area contributed by atoms with Gasteiger partial charge >= 0.3 is 0 Å². The Morgan fingerprint density at radius 1 is 1.60 bits per heavy atom. The summed E-state index contributed by atoms with van der Waals surface area (Å²) in [5.74, 6) is 0. The average Bonchev–Trinajstić information content (AvgIpc) is 1.97. The highest BCUT2D eigenvalue weighted by molar-refractivity contribution is 4.75. The van der Waals surface area contributed by atoms with Crippen LogP contribution in [0.3, 0.4) is 0 Å². The molecule has 3 N–H and O–H groups in total. The summed E-state index contributed by atoms with van der Waals surface area (Å²) < 4.78 is 0. The van der Waals surface area contributed by atoms with Crippen molar-refractivity contribution in [3.8, 4) is 0 Å². The SMILES string of the molecule is C=CN/C=C\[NH2+]CCCC. The molecule has 0 radical (unpaired) electrons. The van der Waals surface area contributed by atoms with Crippen LogP contribution in [-0.2, 0) is 0 Å². The topological polar surface area (TPSA) is 28.6 Å². The minimum atomic E-state index is 1.17. The van der Waals surface area contributed by atoms with E-state index in [0.29, 0.717) is 0 Å². The highest BCUT2D eigenvalue weighted by atomic mass is 14.9. The van der Waals surface area contributed by atoms with Crippen LogP contribution in [0.25, 0.3) is 0 Å². The molecule has 58 valence electrons. The molecular formula is C8H17N2+. The summed E-state index contributed by atoms with van der Waals surface area (Å²) >= 11 is 0. The van der Waals surface area contributed by atoms with Gasteiger partial charge in [0.15, 0.2) is 0 Å². The fraction of sp³-hybridized carbons (Fsp3) is 0.500. The van der Waals surface area contributed by atoms with E-state index in [-0.39, 0.29) is 0 Å². The Labute approximate surface area is 63.0 Å². The molecule has 2 heteroatoms. The van der Waals surface area contributed by atoms with Gasteiger partial charge in [0.05, 0.1) is 12.7 Å². The minimum absolute atomic E-state index is 1.17. The third kappa shape index (κ3) is 7.24. The zero-order valence-corrected chi connectivity index (χ0v) is 6.64. The predicted octanol–water partition coefficient (Wildman–Crippen LogP) is 0.554. The minimum Gasteiger partial charge on any atom is -0.364 e. The summed E-state index contributed by atoms with van der Waals surface area (Å²) in [5, 5.41) is 5.03. The van der Waals surface area contributed by atoms with Crippen LogP contribution < -0.4 is 10.6 Å². The van der Waals surface area contributed by atoms with Crippen molar-refractivity contribution in [3.63, 3.8) is 0 Å². The van der Waals surface area contributed by atoms with Gasteiger partial charge in [-0.3, -0.25) is 0 Å². The lowest BCUT2D eigenvalue weighted by Gasteiger charge is -1.91. The molecule has 0 unspecified atom stereocenters. The number of nitrogens with two attached hydrogens (primary N) is 1. The highest BCUT2D eigenvalue weighted by Crippen LogP contribution is 1.77. The maximum absolute atomic E-state index is 3.52. The Bertz CT molecular complexity index is 97.4. The highest BCUT2D eigenvalue weighted by Gasteiger charge is 1.81. The molecule has 10 heavy (non-hydrogen) atoms. The van der Waals surface area contributed by atoms with Crippen molar-refractivity contribution < 1.29 is 5.32 Å². The quantitative estimate of drug-likeness (QED) is 0.520. The van der Waals surface area contributed by atoms with Crippen LogP contribution in [0.1, 0.15) is 19.8 Å². The second-order valence-electron chi connectivity index (χ2n) is 2.11. The maximum atomic E-state index is 3.52. The van der Waals surface area contributed by atoms with Crippen LogP contribution in [0.15, 0.2) is 25.2 Å². The first-order chi connectivity index (χ1) is 4.91. The Balaban J connectivity index is 2.94. The third-order valence-corrected chi connectivity index (χ3v) is 1.17. The molecule has 0 heterocycles. The fourth-order valence-corrected chi connectivity index (χ4v) is 0.610. The smallest absolute Gasteiger partial charge is 0.109 e. The Kier molecular flexibility index (Phi) is 7.61. The van der Waals surface area contributed by atoms with E-state index in [0.717, 1.165) is 0 Å². The lowest BCUT2D eigenvalue weighted by Crippen LogP contribution is -2.78. The maximum Gasteiger partial charge on any atom is 0.109 e. The van der Waals surface area contributed by atoms with Crippen LogP contribution in [0.2, 0.25) is 0 Å². The molecule has 0 saturated heterocycles. The largest absolute Gasteiger partial charge is 0.364 e. The summed E-state index contributed by atoms with van der Waals surface area (Å²) in [6.45, 7) is 6.88. The molecule has 0 bridgehead atoms. The zero-order valence-electron chi connectivity index (χ0n) is 6.64. The van der Waals surface area contributed by atoms with E-state index in [1.165, 1.54) is 19.4 Å². The molecule has 0 saturated carbocycles. The van der Waals surface area contributed by atoms with E-state index in [2.05, 4.69) is 24.1 Å². The van der Waals surface area contributed by atoms with Crippen LogP contribution in [0, 0.1) is 0 Å². The molecule has 0 aliphatic rings. The number of nitrogens with one attached hydrogen (secondary N) is 1. The molecule has 0 rings (SSSR count). The van der Waals surface area contributed by atoms with Crippen LogP contribution in [0.5, 0.6) is 0 Å². The van der Waals surface area contributed by atoms with Gasteiger partial charge in [-0.05, 0) is 12.6 Å². The van der Waals surface area contributed by atoms with Crippen molar-refractivity contribution in [2.24, 2.45) is 0 Å². The molecule has 0 aromatic carbocycles. The van der Waals surface area contributed by atoms with E-state index in [1.807, 2.05) is 12.4 Å². The van der Waals surface area contributed by atoms with Gasteiger partial charge in [0, 0.05) is 0 Å². The van der Waals surface area contributed by atoms with Gasteiger partial charge in [-0.15, -0.1) is 0 Å². The summed E-state index contributed by atoms with van der Waals surface area (Å²) in [7, 11) is 0. The summed E-state index contributed by atoms with van der Waals surface area (Å²) in [4.78, 5) is 0. The number of quaternary nitrogens is 1. The van der Waals surface area contributed by atoms with Crippen molar-refractivity contribution in [3.05, 3.63) is 25.2 Å². The van der Waals surface area contributed by atoms with Gasteiger partial charge in [0.25, 0.3) is 0 Å². The van der Waals surface area contributed by atoms with Crippen molar-refractivity contribution in [1.29, 1.82) is 0 Å². The number of hydrogen-bond donors (Lipinski definition) is 2. The van der Waals surface area contributed by atoms with Crippen LogP contribution in [0.4, 0.5) is 0 Å². The summed E-state index contributed by atoms with van der Waals surface area (Å²) in [6, 6.07) is 0. The lowest BCUT2D eigenvalue weighted by molar-refractivity contribution is -0.588. The first-order valence-corrected chi connectivity index (χ1v) is 3.77. The van der Waals surface area contributed by atoms with Crippen molar-refractivity contribution in [1.82, 2.24) is 5.32 Å². The van der Waals surface area contributed by atoms with Gasteiger partial charge < -0.3 is 10.6 Å². The van der Waals surface area contributed by atoms with E-state index in [9.17, 15) is 0 Å². The molecule has 0 aliphatic carbocycles. The molecule has 0 aliphatic heterocycles. The van der Waals surface area contributed by atoms with Crippen molar-refractivity contribution >= 4 is 0 Å². The first kappa shape index (κ1) is 9.24. The first-order valence-electron chi connectivity index (χ1n) is 3.77. The van der Waals surface area contributed by atoms with Gasteiger partial charge in [-0.2, -0.15) is 0 Å². The molecule has 0 fully saturated rings. The van der Waals surface area contributed by atoms with Crippen molar-refractivity contribution in [2.75, 3.05) is 6.54 Å². The van der Waals surface area contributed by atoms with E-state index >= 15 is 0 Å². The molecule has 0 amide bonds. The van der Waals surface area contributed by atoms with Gasteiger partial charge in [-0.25, -0.2) is 0 Å². The van der Waals surface area contributed by atoms with E-state index in [1.54, 1.807) is 6.20 Å². The molecule has 0 aromatic heterocycles. The fourth-order valence-electron chi connectivity index (χ4n) is 0.610. The number of hydrogen-bond acceptors (Lipinski definition) is 1. The number of unbranched alkanes of at least 4 members (excludes halogenated alkanes) is 1. The number of rotatable bonds is 6. The second kappa shape index (κ2) is 8.24. The Morgan fingerprint density at radius 3 is 3.00 bits per heavy atom. The Morgan fingerprint density at radius 2 is 2.40 bits per heavy atom. The monoisotopic (exact) mass is 141 g/mol. The summed E-state index contributed by atoms with van der Waals surface area (Å²) in [5.41, 5.74) is 0. The van der Waals surface area contributed by atoms with Gasteiger partial charge in [0.1, 0.15) is 6.20 Å². The van der Waals surface area contributed by atoms with Gasteiger partial charge in [-0.1, -0.05) is 19.9 Å². The van der Waals surface area contributed by atoms with Crippen molar-refractivity contribution in [2.45, 2.75) is 19.8 Å². The van der Waals surface area contributed by atoms with E-state index in [4.69, 9.17) is 0 Å². The van der Waals surface area contributed by atoms with Crippen LogP contribution >= 0.6 is 0 Å². The normalized spacial score (nSPS) is 10.1. The standard InChI is InChI=1S/C8H16N2/c1-3-5-6-10-8-7-9-4-2/h4,7-10H,2-3,5-6H2,1H3/p+1/b8-7-. The lowest BCUT2D eigenvalue weighted by atomic mass is 10.3. The molecular weight excluding hydrogens is 124 g/mol. The molecule has 0 spiro atoms. The summed E-state index contributed by atoms with van der Waals surface area (Å²) in [6.07, 6.45) is 8.09. The van der Waals surface area contributed by atoms with E-state index < -0.39 is 0 Å². The second-order valence-corrected chi connectivity index (χ2v) is 2.11. The predicted molar refractivity (Wildman–Crippen MR) is 44.2 cm³/mol. The third-order valence-electron chi connectivity index (χ3n) is 1.17. The molecule has 0 atom stereocenters. The van der Waals surface area contributed by atoms with Crippen LogP contribution in [-0.4, -0.2) is 6.54 Å². The zero-order chi connectivity index (χ0) is 7.66. The Hall–Kier alpha value is -0.760. The van der Waals surface area contributed by atoms with Gasteiger partial charge in [0.2, 0.25) is 0 Å². The molecule has 0 aromatic rings.